The summed E-state index contributed by atoms with van der Waals surface area (Å²) < 4.78 is 5.48. The van der Waals surface area contributed by atoms with Gasteiger partial charge in [-0.2, -0.15) is 0 Å². The lowest BCUT2D eigenvalue weighted by Crippen LogP contribution is -2.08. The molecular formula is C14H22N2O4. The molecule has 1 aromatic carbocycles. The van der Waals surface area contributed by atoms with Gasteiger partial charge in [-0.25, -0.2) is 0 Å². The Balaban J connectivity index is 2.66. The number of anilines is 1. The number of hydrogen-bond donors (Lipinski definition) is 2. The molecule has 0 amide bonds. The van der Waals surface area contributed by atoms with E-state index in [0.717, 1.165) is 31.5 Å². The molecule has 0 spiro atoms. The summed E-state index contributed by atoms with van der Waals surface area (Å²) in [5.74, 6) is 0.283. The minimum atomic E-state index is -0.442. The van der Waals surface area contributed by atoms with Gasteiger partial charge in [0.05, 0.1) is 11.0 Å². The van der Waals surface area contributed by atoms with Crippen LogP contribution in [-0.4, -0.2) is 29.3 Å². The minimum absolute atomic E-state index is 0.0236. The number of nitro groups is 1. The maximum absolute atomic E-state index is 10.9. The molecule has 0 bridgehead atoms. The highest BCUT2D eigenvalue weighted by atomic mass is 16.6. The van der Waals surface area contributed by atoms with Crippen molar-refractivity contribution in [3.63, 3.8) is 0 Å². The van der Waals surface area contributed by atoms with Crippen LogP contribution in [0, 0.1) is 10.1 Å². The number of rotatable bonds is 9. The number of aliphatic hydroxyl groups excluding tert-OH is 1. The molecule has 0 heterocycles. The highest BCUT2D eigenvalue weighted by Crippen LogP contribution is 2.30. The fourth-order valence-electron chi connectivity index (χ4n) is 1.77. The molecule has 0 aliphatic carbocycles. The van der Waals surface area contributed by atoms with Crippen LogP contribution in [0.5, 0.6) is 5.75 Å². The Labute approximate surface area is 118 Å². The van der Waals surface area contributed by atoms with Crippen molar-refractivity contribution in [3.8, 4) is 5.75 Å². The number of nitro benzene ring substituents is 1. The third-order valence-electron chi connectivity index (χ3n) is 2.68. The number of hydrogen-bond acceptors (Lipinski definition) is 5. The molecule has 0 radical (unpaired) electrons. The summed E-state index contributed by atoms with van der Waals surface area (Å²) in [5.41, 5.74) is 0.778. The molecule has 1 rings (SSSR count). The normalized spacial score (nSPS) is 10.6. The fourth-order valence-corrected chi connectivity index (χ4v) is 1.77. The zero-order valence-electron chi connectivity index (χ0n) is 12.0. The van der Waals surface area contributed by atoms with Crippen LogP contribution in [0.1, 0.15) is 33.1 Å². The number of nitrogens with one attached hydrogen (secondary N) is 1. The van der Waals surface area contributed by atoms with Crippen molar-refractivity contribution in [1.29, 1.82) is 0 Å². The molecule has 0 aliphatic rings. The van der Waals surface area contributed by atoms with Crippen molar-refractivity contribution in [2.45, 2.75) is 39.2 Å². The largest absolute Gasteiger partial charge is 0.484 e. The van der Waals surface area contributed by atoms with Crippen molar-refractivity contribution < 1.29 is 14.8 Å². The van der Waals surface area contributed by atoms with Crippen LogP contribution in [0.4, 0.5) is 11.4 Å². The van der Waals surface area contributed by atoms with Crippen molar-refractivity contribution in [3.05, 3.63) is 28.3 Å². The standard InChI is InChI=1S/C14H22N2O4/c1-11(2)20-14-10-12(6-7-13(14)16(18)19)15-8-4-3-5-9-17/h6-7,10-11,15,17H,3-5,8-9H2,1-2H3. The molecular weight excluding hydrogens is 260 g/mol. The average molecular weight is 282 g/mol. The van der Waals surface area contributed by atoms with Crippen molar-refractivity contribution >= 4 is 11.4 Å². The van der Waals surface area contributed by atoms with E-state index in [1.165, 1.54) is 6.07 Å². The van der Waals surface area contributed by atoms with Crippen molar-refractivity contribution in [2.75, 3.05) is 18.5 Å². The quantitative estimate of drug-likeness (QED) is 0.413. The van der Waals surface area contributed by atoms with Crippen molar-refractivity contribution in [2.24, 2.45) is 0 Å². The Morgan fingerprint density at radius 2 is 2.10 bits per heavy atom. The first kappa shape index (κ1) is 16.2. The Kier molecular flexibility index (Phi) is 6.79. The van der Waals surface area contributed by atoms with E-state index in [1.807, 2.05) is 13.8 Å². The number of benzene rings is 1. The maximum Gasteiger partial charge on any atom is 0.311 e. The van der Waals surface area contributed by atoms with Crippen LogP contribution in [0.3, 0.4) is 0 Å². The molecule has 0 aromatic heterocycles. The molecule has 0 saturated carbocycles. The first-order valence-corrected chi connectivity index (χ1v) is 6.84. The van der Waals surface area contributed by atoms with Crippen LogP contribution >= 0.6 is 0 Å². The highest BCUT2D eigenvalue weighted by Gasteiger charge is 2.16. The van der Waals surface area contributed by atoms with E-state index in [2.05, 4.69) is 5.32 Å². The van der Waals surface area contributed by atoms with Gasteiger partial charge in [0.2, 0.25) is 0 Å². The summed E-state index contributed by atoms with van der Waals surface area (Å²) in [7, 11) is 0. The summed E-state index contributed by atoms with van der Waals surface area (Å²) in [6.07, 6.45) is 2.57. The smallest absolute Gasteiger partial charge is 0.311 e. The lowest BCUT2D eigenvalue weighted by molar-refractivity contribution is -0.386. The monoisotopic (exact) mass is 282 g/mol. The van der Waals surface area contributed by atoms with Gasteiger partial charge < -0.3 is 15.2 Å². The van der Waals surface area contributed by atoms with E-state index < -0.39 is 4.92 Å². The van der Waals surface area contributed by atoms with E-state index in [4.69, 9.17) is 9.84 Å². The van der Waals surface area contributed by atoms with Crippen LogP contribution in [0.2, 0.25) is 0 Å². The lowest BCUT2D eigenvalue weighted by atomic mass is 10.2. The Bertz CT molecular complexity index is 435. The van der Waals surface area contributed by atoms with E-state index >= 15 is 0 Å². The third kappa shape index (κ3) is 5.44. The maximum atomic E-state index is 10.9. The van der Waals surface area contributed by atoms with Crippen LogP contribution in [0.15, 0.2) is 18.2 Å². The number of unbranched alkanes of at least 4 members (excludes halogenated alkanes) is 2. The fraction of sp³-hybridized carbons (Fsp3) is 0.571. The highest BCUT2D eigenvalue weighted by molar-refractivity contribution is 5.58. The summed E-state index contributed by atoms with van der Waals surface area (Å²) in [5, 5.41) is 22.8. The molecule has 6 nitrogen and oxygen atoms in total. The molecule has 0 fully saturated rings. The average Bonchev–Trinajstić information content (AvgIpc) is 2.37. The van der Waals surface area contributed by atoms with Gasteiger partial charge >= 0.3 is 5.69 Å². The first-order valence-electron chi connectivity index (χ1n) is 6.84. The van der Waals surface area contributed by atoms with Gasteiger partial charge in [0, 0.05) is 31.0 Å². The van der Waals surface area contributed by atoms with Gasteiger partial charge in [0.25, 0.3) is 0 Å². The summed E-state index contributed by atoms with van der Waals surface area (Å²) in [4.78, 5) is 10.5. The van der Waals surface area contributed by atoms with Gasteiger partial charge in [-0.3, -0.25) is 10.1 Å². The summed E-state index contributed by atoms with van der Waals surface area (Å²) in [6, 6.07) is 4.79. The van der Waals surface area contributed by atoms with E-state index in [9.17, 15) is 10.1 Å². The molecule has 0 saturated heterocycles. The first-order chi connectivity index (χ1) is 9.54. The topological polar surface area (TPSA) is 84.6 Å². The molecule has 112 valence electrons. The molecule has 6 heteroatoms. The predicted octanol–water partition coefficient (Wildman–Crippen LogP) is 2.96. The number of aliphatic hydroxyl groups is 1. The van der Waals surface area contributed by atoms with Crippen molar-refractivity contribution in [1.82, 2.24) is 0 Å². The van der Waals surface area contributed by atoms with Crippen LogP contribution < -0.4 is 10.1 Å². The zero-order valence-corrected chi connectivity index (χ0v) is 12.0. The third-order valence-corrected chi connectivity index (χ3v) is 2.68. The molecule has 20 heavy (non-hydrogen) atoms. The van der Waals surface area contributed by atoms with E-state index in [0.29, 0.717) is 0 Å². The van der Waals surface area contributed by atoms with Gasteiger partial charge in [-0.05, 0) is 39.2 Å². The van der Waals surface area contributed by atoms with Gasteiger partial charge in [-0.15, -0.1) is 0 Å². The Morgan fingerprint density at radius 3 is 2.70 bits per heavy atom. The summed E-state index contributed by atoms with van der Waals surface area (Å²) in [6.45, 7) is 4.64. The zero-order chi connectivity index (χ0) is 15.0. The lowest BCUT2D eigenvalue weighted by Gasteiger charge is -2.12. The SMILES string of the molecule is CC(C)Oc1cc(NCCCCCO)ccc1[N+](=O)[O-]. The molecule has 0 atom stereocenters. The number of ether oxygens (including phenoxy) is 1. The van der Waals surface area contributed by atoms with Gasteiger partial charge in [-0.1, -0.05) is 0 Å². The van der Waals surface area contributed by atoms with E-state index in [-0.39, 0.29) is 24.1 Å². The minimum Gasteiger partial charge on any atom is -0.484 e. The Morgan fingerprint density at radius 1 is 1.35 bits per heavy atom. The predicted molar refractivity (Wildman–Crippen MR) is 78.3 cm³/mol. The van der Waals surface area contributed by atoms with E-state index in [1.54, 1.807) is 12.1 Å². The van der Waals surface area contributed by atoms with Crippen LogP contribution in [0.25, 0.3) is 0 Å². The van der Waals surface area contributed by atoms with Gasteiger partial charge in [0.1, 0.15) is 0 Å². The summed E-state index contributed by atoms with van der Waals surface area (Å²) >= 11 is 0. The number of nitrogens with zero attached hydrogens (tertiary/aromatic N) is 1. The second kappa shape index (κ2) is 8.37. The second-order valence-corrected chi connectivity index (χ2v) is 4.82. The Hall–Kier alpha value is -1.82. The van der Waals surface area contributed by atoms with Gasteiger partial charge in [0.15, 0.2) is 5.75 Å². The molecule has 0 unspecified atom stereocenters. The molecule has 0 aliphatic heterocycles. The molecule has 1 aromatic rings. The van der Waals surface area contributed by atoms with Crippen LogP contribution in [-0.2, 0) is 0 Å². The second-order valence-electron chi connectivity index (χ2n) is 4.82. The molecule has 2 N–H and O–H groups in total.